The molecule has 2 aromatic carbocycles. The number of benzene rings is 2. The Bertz CT molecular complexity index is 1040. The number of carbonyl (C=O) groups is 2. The van der Waals surface area contributed by atoms with Crippen molar-refractivity contribution in [3.8, 4) is 23.1 Å². The molecule has 26 heavy (non-hydrogen) atoms. The number of methoxy groups -OCH3 is 1. The lowest BCUT2D eigenvalue weighted by Crippen LogP contribution is -2.30. The first-order chi connectivity index (χ1) is 12.7. The van der Waals surface area contributed by atoms with E-state index < -0.39 is 11.8 Å². The predicted octanol–water partition coefficient (Wildman–Crippen LogP) is 2.76. The van der Waals surface area contributed by atoms with Gasteiger partial charge in [-0.3, -0.25) is 14.7 Å². The fourth-order valence-corrected chi connectivity index (χ4v) is 2.96. The molecule has 0 saturated carbocycles. The number of anilines is 1. The number of imide groups is 1. The van der Waals surface area contributed by atoms with Crippen LogP contribution in [-0.4, -0.2) is 29.1 Å². The highest BCUT2D eigenvalue weighted by molar-refractivity contribution is 6.34. The molecule has 0 fully saturated rings. The Morgan fingerprint density at radius 1 is 1.04 bits per heavy atom. The molecule has 126 valence electrons. The second-order valence-corrected chi connectivity index (χ2v) is 5.64. The SMILES string of the molecule is COc1c(N2C(=O)c3ccccc3C2=O)n[nH]c1-c1ccc(C#N)cc1. The third kappa shape index (κ3) is 2.17. The van der Waals surface area contributed by atoms with Gasteiger partial charge in [0.1, 0.15) is 5.69 Å². The van der Waals surface area contributed by atoms with Crippen LogP contribution in [-0.2, 0) is 0 Å². The summed E-state index contributed by atoms with van der Waals surface area (Å²) in [4.78, 5) is 26.3. The molecule has 0 radical (unpaired) electrons. The predicted molar refractivity (Wildman–Crippen MR) is 92.9 cm³/mol. The van der Waals surface area contributed by atoms with Gasteiger partial charge in [-0.25, -0.2) is 4.90 Å². The standard InChI is InChI=1S/C19H12N4O3/c1-26-16-15(12-8-6-11(10-20)7-9-12)21-22-17(16)23-18(24)13-4-2-3-5-14(13)19(23)25/h2-9H,1H3,(H,21,22). The summed E-state index contributed by atoms with van der Waals surface area (Å²) >= 11 is 0. The van der Waals surface area contributed by atoms with E-state index in [0.717, 1.165) is 10.5 Å². The number of nitriles is 1. The Kier molecular flexibility index (Phi) is 3.52. The van der Waals surface area contributed by atoms with Crippen molar-refractivity contribution in [3.63, 3.8) is 0 Å². The van der Waals surface area contributed by atoms with Gasteiger partial charge in [0.15, 0.2) is 5.75 Å². The number of rotatable bonds is 3. The third-order valence-corrected chi connectivity index (χ3v) is 4.22. The molecule has 7 heteroatoms. The van der Waals surface area contributed by atoms with Crippen LogP contribution in [0, 0.1) is 11.3 Å². The average molecular weight is 344 g/mol. The number of carbonyl (C=O) groups excluding carboxylic acids is 2. The van der Waals surface area contributed by atoms with E-state index in [1.165, 1.54) is 7.11 Å². The second-order valence-electron chi connectivity index (χ2n) is 5.64. The largest absolute Gasteiger partial charge is 0.491 e. The molecule has 3 aromatic rings. The van der Waals surface area contributed by atoms with Gasteiger partial charge >= 0.3 is 0 Å². The van der Waals surface area contributed by atoms with Crippen molar-refractivity contribution < 1.29 is 14.3 Å². The molecule has 0 unspecified atom stereocenters. The number of aromatic amines is 1. The van der Waals surface area contributed by atoms with Gasteiger partial charge in [-0.1, -0.05) is 24.3 Å². The Morgan fingerprint density at radius 2 is 1.65 bits per heavy atom. The normalized spacial score (nSPS) is 12.8. The fraction of sp³-hybridized carbons (Fsp3) is 0.0526. The Labute approximate surface area is 148 Å². The summed E-state index contributed by atoms with van der Waals surface area (Å²) in [5.41, 5.74) is 2.43. The topological polar surface area (TPSA) is 99.1 Å². The van der Waals surface area contributed by atoms with Crippen molar-refractivity contribution in [2.45, 2.75) is 0 Å². The van der Waals surface area contributed by atoms with Gasteiger partial charge in [0, 0.05) is 5.56 Å². The number of aromatic nitrogens is 2. The van der Waals surface area contributed by atoms with Crippen LogP contribution in [0.4, 0.5) is 5.82 Å². The molecule has 0 atom stereocenters. The van der Waals surface area contributed by atoms with E-state index in [0.29, 0.717) is 22.4 Å². The van der Waals surface area contributed by atoms with Crippen LogP contribution in [0.15, 0.2) is 48.5 Å². The van der Waals surface area contributed by atoms with Crippen molar-refractivity contribution in [1.82, 2.24) is 10.2 Å². The number of hydrogen-bond acceptors (Lipinski definition) is 5. The first-order valence-corrected chi connectivity index (χ1v) is 7.76. The zero-order valence-electron chi connectivity index (χ0n) is 13.7. The number of ether oxygens (including phenoxy) is 1. The van der Waals surface area contributed by atoms with E-state index >= 15 is 0 Å². The van der Waals surface area contributed by atoms with Crippen LogP contribution in [0.25, 0.3) is 11.3 Å². The molecule has 7 nitrogen and oxygen atoms in total. The smallest absolute Gasteiger partial charge is 0.267 e. The van der Waals surface area contributed by atoms with Crippen LogP contribution in [0.3, 0.4) is 0 Å². The lowest BCUT2D eigenvalue weighted by atomic mass is 10.1. The maximum Gasteiger partial charge on any atom is 0.267 e. The highest BCUT2D eigenvalue weighted by Gasteiger charge is 2.40. The number of nitrogens with one attached hydrogen (secondary N) is 1. The Morgan fingerprint density at radius 3 is 2.19 bits per heavy atom. The summed E-state index contributed by atoms with van der Waals surface area (Å²) < 4.78 is 5.43. The molecule has 2 amide bonds. The van der Waals surface area contributed by atoms with Gasteiger partial charge in [0.05, 0.1) is 29.9 Å². The minimum Gasteiger partial charge on any atom is -0.491 e. The van der Waals surface area contributed by atoms with Crippen molar-refractivity contribution in [2.24, 2.45) is 0 Å². The molecule has 0 aliphatic carbocycles. The first kappa shape index (κ1) is 15.6. The number of hydrogen-bond donors (Lipinski definition) is 1. The first-order valence-electron chi connectivity index (χ1n) is 7.76. The number of fused-ring (bicyclic) bond motifs is 1. The zero-order valence-corrected chi connectivity index (χ0v) is 13.7. The van der Waals surface area contributed by atoms with Crippen molar-refractivity contribution >= 4 is 17.6 Å². The van der Waals surface area contributed by atoms with Gasteiger partial charge in [-0.05, 0) is 24.3 Å². The molecule has 1 aliphatic rings. The zero-order chi connectivity index (χ0) is 18.3. The van der Waals surface area contributed by atoms with Crippen LogP contribution in [0.1, 0.15) is 26.3 Å². The third-order valence-electron chi connectivity index (χ3n) is 4.22. The maximum atomic E-state index is 12.7. The minimum absolute atomic E-state index is 0.109. The summed E-state index contributed by atoms with van der Waals surface area (Å²) in [6.07, 6.45) is 0. The van der Waals surface area contributed by atoms with Crippen LogP contribution in [0.5, 0.6) is 5.75 Å². The molecular formula is C19H12N4O3. The van der Waals surface area contributed by atoms with E-state index in [4.69, 9.17) is 10.00 Å². The van der Waals surface area contributed by atoms with E-state index in [-0.39, 0.29) is 11.6 Å². The van der Waals surface area contributed by atoms with Crippen LogP contribution >= 0.6 is 0 Å². The maximum absolute atomic E-state index is 12.7. The molecule has 1 aliphatic heterocycles. The average Bonchev–Trinajstić information content (AvgIpc) is 3.21. The molecule has 0 spiro atoms. The van der Waals surface area contributed by atoms with Crippen LogP contribution in [0.2, 0.25) is 0 Å². The summed E-state index contributed by atoms with van der Waals surface area (Å²) in [7, 11) is 1.44. The molecule has 1 aromatic heterocycles. The quantitative estimate of drug-likeness (QED) is 0.737. The van der Waals surface area contributed by atoms with Gasteiger partial charge in [0.2, 0.25) is 5.82 Å². The molecular weight excluding hydrogens is 332 g/mol. The van der Waals surface area contributed by atoms with Crippen molar-refractivity contribution in [1.29, 1.82) is 5.26 Å². The van der Waals surface area contributed by atoms with E-state index in [1.54, 1.807) is 48.5 Å². The van der Waals surface area contributed by atoms with Gasteiger partial charge in [-0.15, -0.1) is 0 Å². The molecule has 1 N–H and O–H groups in total. The summed E-state index contributed by atoms with van der Waals surface area (Å²) in [5.74, 6) is -0.495. The number of H-pyrrole nitrogens is 1. The summed E-state index contributed by atoms with van der Waals surface area (Å²) in [6, 6.07) is 15.5. The van der Waals surface area contributed by atoms with Gasteiger partial charge in [-0.2, -0.15) is 10.4 Å². The van der Waals surface area contributed by atoms with Crippen molar-refractivity contribution in [3.05, 3.63) is 65.2 Å². The summed E-state index contributed by atoms with van der Waals surface area (Å²) in [6.45, 7) is 0. The van der Waals surface area contributed by atoms with E-state index in [1.807, 2.05) is 0 Å². The number of nitrogens with zero attached hydrogens (tertiary/aromatic N) is 3. The minimum atomic E-state index is -0.443. The van der Waals surface area contributed by atoms with Crippen molar-refractivity contribution in [2.75, 3.05) is 12.0 Å². The highest BCUT2D eigenvalue weighted by atomic mass is 16.5. The molecule has 0 bridgehead atoms. The second kappa shape index (κ2) is 5.86. The van der Waals surface area contributed by atoms with Gasteiger partial charge in [0.25, 0.3) is 11.8 Å². The van der Waals surface area contributed by atoms with Crippen LogP contribution < -0.4 is 9.64 Å². The monoisotopic (exact) mass is 344 g/mol. The Balaban J connectivity index is 1.80. The molecule has 4 rings (SSSR count). The number of amides is 2. The lowest BCUT2D eigenvalue weighted by molar-refractivity contribution is 0.0924. The van der Waals surface area contributed by atoms with E-state index in [9.17, 15) is 9.59 Å². The molecule has 2 heterocycles. The lowest BCUT2D eigenvalue weighted by Gasteiger charge is -2.12. The fourth-order valence-electron chi connectivity index (χ4n) is 2.96. The Hall–Kier alpha value is -3.92. The summed E-state index contributed by atoms with van der Waals surface area (Å²) in [5, 5.41) is 15.9. The molecule has 0 saturated heterocycles. The van der Waals surface area contributed by atoms with E-state index in [2.05, 4.69) is 16.3 Å². The highest BCUT2D eigenvalue weighted by Crippen LogP contribution is 2.39. The van der Waals surface area contributed by atoms with Gasteiger partial charge < -0.3 is 4.74 Å².